The number of aromatic nitrogens is 2. The molecule has 0 spiro atoms. The van der Waals surface area contributed by atoms with E-state index in [1.807, 2.05) is 35.2 Å². The minimum Gasteiger partial charge on any atom is -0.480 e. The molecule has 5 rings (SSSR count). The molecule has 3 heterocycles. The lowest BCUT2D eigenvalue weighted by Gasteiger charge is -2.29. The monoisotopic (exact) mass is 363 g/mol. The number of para-hydroxylation sites is 1. The summed E-state index contributed by atoms with van der Waals surface area (Å²) in [6.07, 6.45) is 0.817. The molecule has 2 aliphatic heterocycles. The molecule has 1 amide bonds. The van der Waals surface area contributed by atoms with E-state index in [4.69, 9.17) is 4.74 Å². The Labute approximate surface area is 155 Å². The van der Waals surface area contributed by atoms with Crippen molar-refractivity contribution in [2.24, 2.45) is 0 Å². The SMILES string of the molecule is O=C(C1Cc2ccccc2O1)N1CCc2[nH]nc(-c3cccc(F)c3)c2C1. The lowest BCUT2D eigenvalue weighted by Crippen LogP contribution is -2.43. The van der Waals surface area contributed by atoms with Gasteiger partial charge in [0.2, 0.25) is 0 Å². The smallest absolute Gasteiger partial charge is 0.264 e. The lowest BCUT2D eigenvalue weighted by molar-refractivity contribution is -0.138. The highest BCUT2D eigenvalue weighted by Gasteiger charge is 2.34. The predicted molar refractivity (Wildman–Crippen MR) is 97.7 cm³/mol. The highest BCUT2D eigenvalue weighted by Crippen LogP contribution is 2.32. The van der Waals surface area contributed by atoms with Crippen molar-refractivity contribution in [3.05, 3.63) is 71.2 Å². The van der Waals surface area contributed by atoms with Gasteiger partial charge >= 0.3 is 0 Å². The van der Waals surface area contributed by atoms with E-state index >= 15 is 0 Å². The second-order valence-corrected chi connectivity index (χ2v) is 6.97. The number of amides is 1. The molecule has 0 saturated carbocycles. The Morgan fingerprint density at radius 2 is 2.11 bits per heavy atom. The molecule has 2 aromatic carbocycles. The summed E-state index contributed by atoms with van der Waals surface area (Å²) in [7, 11) is 0. The molecule has 2 aliphatic rings. The van der Waals surface area contributed by atoms with Crippen LogP contribution >= 0.6 is 0 Å². The second kappa shape index (κ2) is 6.23. The Hall–Kier alpha value is -3.15. The van der Waals surface area contributed by atoms with E-state index in [1.165, 1.54) is 12.1 Å². The van der Waals surface area contributed by atoms with Gasteiger partial charge < -0.3 is 9.64 Å². The summed E-state index contributed by atoms with van der Waals surface area (Å²) in [5, 5.41) is 7.42. The van der Waals surface area contributed by atoms with Crippen LogP contribution in [0, 0.1) is 5.82 Å². The zero-order valence-electron chi connectivity index (χ0n) is 14.6. The van der Waals surface area contributed by atoms with Crippen LogP contribution in [-0.2, 0) is 24.2 Å². The van der Waals surface area contributed by atoms with Gasteiger partial charge in [-0.05, 0) is 23.8 Å². The van der Waals surface area contributed by atoms with Gasteiger partial charge in [0.15, 0.2) is 6.10 Å². The third-order valence-corrected chi connectivity index (χ3v) is 5.27. The third-order valence-electron chi connectivity index (χ3n) is 5.27. The summed E-state index contributed by atoms with van der Waals surface area (Å²) in [6.45, 7) is 1.07. The molecule has 1 atom stereocenters. The number of nitrogens with one attached hydrogen (secondary N) is 1. The summed E-state index contributed by atoms with van der Waals surface area (Å²) < 4.78 is 19.5. The Morgan fingerprint density at radius 1 is 1.22 bits per heavy atom. The van der Waals surface area contributed by atoms with Crippen molar-refractivity contribution in [1.82, 2.24) is 15.1 Å². The molecule has 3 aromatic rings. The first-order chi connectivity index (χ1) is 13.2. The highest BCUT2D eigenvalue weighted by molar-refractivity contribution is 5.83. The largest absolute Gasteiger partial charge is 0.480 e. The van der Waals surface area contributed by atoms with E-state index in [-0.39, 0.29) is 11.7 Å². The first-order valence-electron chi connectivity index (χ1n) is 9.04. The predicted octanol–water partition coefficient (Wildman–Crippen LogP) is 3.10. The topological polar surface area (TPSA) is 58.2 Å². The average Bonchev–Trinajstić information content (AvgIpc) is 3.31. The van der Waals surface area contributed by atoms with Gasteiger partial charge in [-0.15, -0.1) is 0 Å². The van der Waals surface area contributed by atoms with Gasteiger partial charge in [-0.25, -0.2) is 4.39 Å². The number of carbonyl (C=O) groups excluding carboxylic acids is 1. The zero-order chi connectivity index (χ0) is 18.4. The first-order valence-corrected chi connectivity index (χ1v) is 9.04. The van der Waals surface area contributed by atoms with Crippen LogP contribution in [0.5, 0.6) is 5.75 Å². The highest BCUT2D eigenvalue weighted by atomic mass is 19.1. The summed E-state index contributed by atoms with van der Waals surface area (Å²) >= 11 is 0. The van der Waals surface area contributed by atoms with Crippen LogP contribution in [0.4, 0.5) is 4.39 Å². The molecule has 0 radical (unpaired) electrons. The van der Waals surface area contributed by atoms with E-state index in [1.54, 1.807) is 6.07 Å². The van der Waals surface area contributed by atoms with Crippen molar-refractivity contribution in [3.8, 4) is 17.0 Å². The summed E-state index contributed by atoms with van der Waals surface area (Å²) in [5.41, 5.74) is 4.45. The molecule has 1 unspecified atom stereocenters. The number of carbonyl (C=O) groups is 1. The molecular formula is C21H18FN3O2. The molecular weight excluding hydrogens is 345 g/mol. The molecule has 27 heavy (non-hydrogen) atoms. The Kier molecular flexibility index (Phi) is 3.70. The summed E-state index contributed by atoms with van der Waals surface area (Å²) in [4.78, 5) is 14.8. The quantitative estimate of drug-likeness (QED) is 0.761. The molecule has 0 saturated heterocycles. The van der Waals surface area contributed by atoms with Gasteiger partial charge in [-0.3, -0.25) is 9.89 Å². The number of ether oxygens (including phenoxy) is 1. The molecule has 0 bridgehead atoms. The van der Waals surface area contributed by atoms with Gasteiger partial charge in [0.05, 0.1) is 5.69 Å². The van der Waals surface area contributed by atoms with E-state index in [0.29, 0.717) is 37.2 Å². The molecule has 5 nitrogen and oxygen atoms in total. The van der Waals surface area contributed by atoms with Crippen LogP contribution in [0.3, 0.4) is 0 Å². The van der Waals surface area contributed by atoms with E-state index < -0.39 is 6.10 Å². The number of hydrogen-bond acceptors (Lipinski definition) is 3. The lowest BCUT2D eigenvalue weighted by atomic mass is 10.00. The van der Waals surface area contributed by atoms with Gasteiger partial charge in [0, 0.05) is 42.8 Å². The van der Waals surface area contributed by atoms with Gasteiger partial charge in [0.1, 0.15) is 11.6 Å². The Morgan fingerprint density at radius 3 is 2.96 bits per heavy atom. The number of benzene rings is 2. The van der Waals surface area contributed by atoms with Crippen LogP contribution in [0.1, 0.15) is 16.8 Å². The van der Waals surface area contributed by atoms with Crippen LogP contribution in [0.2, 0.25) is 0 Å². The number of hydrogen-bond donors (Lipinski definition) is 1. The fraction of sp³-hybridized carbons (Fsp3) is 0.238. The number of nitrogens with zero attached hydrogens (tertiary/aromatic N) is 2. The number of H-pyrrole nitrogens is 1. The number of rotatable bonds is 2. The fourth-order valence-electron chi connectivity index (χ4n) is 3.88. The minimum atomic E-state index is -0.478. The van der Waals surface area contributed by atoms with Crippen molar-refractivity contribution in [2.75, 3.05) is 6.54 Å². The number of halogens is 1. The van der Waals surface area contributed by atoms with Crippen LogP contribution in [-0.4, -0.2) is 33.7 Å². The van der Waals surface area contributed by atoms with Crippen LogP contribution in [0.15, 0.2) is 48.5 Å². The van der Waals surface area contributed by atoms with Crippen molar-refractivity contribution in [3.63, 3.8) is 0 Å². The third kappa shape index (κ3) is 2.77. The van der Waals surface area contributed by atoms with Crippen LogP contribution in [0.25, 0.3) is 11.3 Å². The molecule has 1 aromatic heterocycles. The Bertz CT molecular complexity index is 1000. The van der Waals surface area contributed by atoms with Crippen molar-refractivity contribution < 1.29 is 13.9 Å². The molecule has 0 aliphatic carbocycles. The fourth-order valence-corrected chi connectivity index (χ4v) is 3.88. The van der Waals surface area contributed by atoms with Crippen molar-refractivity contribution in [2.45, 2.75) is 25.5 Å². The van der Waals surface area contributed by atoms with Crippen molar-refractivity contribution in [1.29, 1.82) is 0 Å². The van der Waals surface area contributed by atoms with Gasteiger partial charge in [0.25, 0.3) is 5.91 Å². The molecule has 1 N–H and O–H groups in total. The molecule has 0 fully saturated rings. The minimum absolute atomic E-state index is 0.0109. The standard InChI is InChI=1S/C21H18FN3O2/c22-15-6-3-5-14(10-15)20-16-12-25(9-8-17(16)23-24-20)21(26)19-11-13-4-1-2-7-18(13)27-19/h1-7,10,19H,8-9,11-12H2,(H,23,24). The maximum Gasteiger partial charge on any atom is 0.264 e. The normalized spacial score (nSPS) is 18.0. The first kappa shape index (κ1) is 16.1. The second-order valence-electron chi connectivity index (χ2n) is 6.97. The molecule has 136 valence electrons. The maximum absolute atomic E-state index is 13.6. The molecule has 6 heteroatoms. The summed E-state index contributed by atoms with van der Waals surface area (Å²) in [5.74, 6) is 0.477. The zero-order valence-corrected chi connectivity index (χ0v) is 14.6. The van der Waals surface area contributed by atoms with Crippen molar-refractivity contribution >= 4 is 5.91 Å². The average molecular weight is 363 g/mol. The van der Waals surface area contributed by atoms with Crippen LogP contribution < -0.4 is 4.74 Å². The van der Waals surface area contributed by atoms with Gasteiger partial charge in [-0.1, -0.05) is 30.3 Å². The van der Waals surface area contributed by atoms with Gasteiger partial charge in [-0.2, -0.15) is 5.10 Å². The number of aromatic amines is 1. The van der Waals surface area contributed by atoms with E-state index in [0.717, 1.165) is 22.6 Å². The van der Waals surface area contributed by atoms with E-state index in [9.17, 15) is 9.18 Å². The maximum atomic E-state index is 13.6. The number of fused-ring (bicyclic) bond motifs is 2. The Balaban J connectivity index is 1.38. The van der Waals surface area contributed by atoms with E-state index in [2.05, 4.69) is 10.2 Å². The summed E-state index contributed by atoms with van der Waals surface area (Å²) in [6, 6.07) is 14.1.